The Labute approximate surface area is 135 Å². The number of nitro benzene ring substituents is 1. The second-order valence-electron chi connectivity index (χ2n) is 4.19. The van der Waals surface area contributed by atoms with Crippen molar-refractivity contribution in [3.05, 3.63) is 61.6 Å². The van der Waals surface area contributed by atoms with Crippen LogP contribution in [0.3, 0.4) is 0 Å². The molecular formula is C14H12BrClN2O3. The van der Waals surface area contributed by atoms with Crippen LogP contribution in [0.2, 0.25) is 5.02 Å². The van der Waals surface area contributed by atoms with Crippen molar-refractivity contribution in [1.82, 2.24) is 0 Å². The Kier molecular flexibility index (Phi) is 5.03. The van der Waals surface area contributed by atoms with E-state index in [-0.39, 0.29) is 5.69 Å². The highest BCUT2D eigenvalue weighted by atomic mass is 79.9. The van der Waals surface area contributed by atoms with Crippen LogP contribution in [-0.2, 0) is 6.54 Å². The molecule has 0 heterocycles. The molecule has 2 rings (SSSR count). The first-order valence-corrected chi connectivity index (χ1v) is 7.19. The Morgan fingerprint density at radius 2 is 2.14 bits per heavy atom. The Hall–Kier alpha value is -1.79. The predicted octanol–water partition coefficient (Wildman–Crippen LogP) is 4.63. The maximum atomic E-state index is 11.0. The zero-order chi connectivity index (χ0) is 15.4. The maximum Gasteiger partial charge on any atom is 0.292 e. The highest BCUT2D eigenvalue weighted by molar-refractivity contribution is 9.10. The number of halogens is 2. The molecule has 0 unspecified atom stereocenters. The van der Waals surface area contributed by atoms with E-state index in [1.165, 1.54) is 6.07 Å². The summed E-state index contributed by atoms with van der Waals surface area (Å²) in [5.41, 5.74) is 1.16. The number of rotatable bonds is 5. The van der Waals surface area contributed by atoms with Crippen LogP contribution in [-0.4, -0.2) is 12.0 Å². The Morgan fingerprint density at radius 3 is 2.81 bits per heavy atom. The largest absolute Gasteiger partial charge is 0.496 e. The van der Waals surface area contributed by atoms with Crippen LogP contribution < -0.4 is 10.1 Å². The quantitative estimate of drug-likeness (QED) is 0.614. The van der Waals surface area contributed by atoms with Crippen LogP contribution in [0.15, 0.2) is 40.9 Å². The number of methoxy groups -OCH3 is 1. The lowest BCUT2D eigenvalue weighted by molar-refractivity contribution is -0.384. The molecule has 0 aliphatic heterocycles. The van der Waals surface area contributed by atoms with Gasteiger partial charge in [-0.3, -0.25) is 10.1 Å². The number of nitrogens with zero attached hydrogens (tertiary/aromatic N) is 1. The van der Waals surface area contributed by atoms with Gasteiger partial charge in [0, 0.05) is 27.7 Å². The SMILES string of the molecule is COc1cccc(Cl)c1CNc1cc(Br)ccc1[N+](=O)[O-]. The van der Waals surface area contributed by atoms with Gasteiger partial charge in [-0.05, 0) is 24.3 Å². The van der Waals surface area contributed by atoms with Gasteiger partial charge in [0.15, 0.2) is 0 Å². The molecule has 0 spiro atoms. The number of hydrogen-bond acceptors (Lipinski definition) is 4. The molecule has 0 saturated heterocycles. The third kappa shape index (κ3) is 3.65. The summed E-state index contributed by atoms with van der Waals surface area (Å²) in [6.07, 6.45) is 0. The second-order valence-corrected chi connectivity index (χ2v) is 5.52. The number of hydrogen-bond donors (Lipinski definition) is 1. The maximum absolute atomic E-state index is 11.0. The fourth-order valence-electron chi connectivity index (χ4n) is 1.89. The van der Waals surface area contributed by atoms with E-state index in [1.807, 2.05) is 0 Å². The molecule has 0 aliphatic rings. The summed E-state index contributed by atoms with van der Waals surface area (Å²) < 4.78 is 6.00. The Bertz CT molecular complexity index is 679. The van der Waals surface area contributed by atoms with Crippen molar-refractivity contribution in [2.75, 3.05) is 12.4 Å². The molecule has 0 aromatic heterocycles. The standard InChI is InChI=1S/C14H12BrClN2O3/c1-21-14-4-2-3-11(16)10(14)8-17-12-7-9(15)5-6-13(12)18(19)20/h2-7,17H,8H2,1H3. The van der Waals surface area contributed by atoms with Crippen LogP contribution >= 0.6 is 27.5 Å². The molecule has 0 radical (unpaired) electrons. The molecule has 0 saturated carbocycles. The molecule has 0 aliphatic carbocycles. The molecule has 2 aromatic rings. The van der Waals surface area contributed by atoms with E-state index in [9.17, 15) is 10.1 Å². The number of ether oxygens (including phenoxy) is 1. The fraction of sp³-hybridized carbons (Fsp3) is 0.143. The van der Waals surface area contributed by atoms with Crippen LogP contribution in [0, 0.1) is 10.1 Å². The molecule has 2 aromatic carbocycles. The molecule has 1 N–H and O–H groups in total. The van der Waals surface area contributed by atoms with Gasteiger partial charge in [0.25, 0.3) is 5.69 Å². The first-order valence-electron chi connectivity index (χ1n) is 6.02. The van der Waals surface area contributed by atoms with Crippen molar-refractivity contribution >= 4 is 38.9 Å². The van der Waals surface area contributed by atoms with Crippen LogP contribution in [0.5, 0.6) is 5.75 Å². The van der Waals surface area contributed by atoms with Gasteiger partial charge in [-0.1, -0.05) is 33.6 Å². The second kappa shape index (κ2) is 6.78. The van der Waals surface area contributed by atoms with Crippen LogP contribution in [0.4, 0.5) is 11.4 Å². The predicted molar refractivity (Wildman–Crippen MR) is 86.1 cm³/mol. The average molecular weight is 372 g/mol. The van der Waals surface area contributed by atoms with E-state index in [0.29, 0.717) is 23.0 Å². The minimum absolute atomic E-state index is 0.00391. The summed E-state index contributed by atoms with van der Waals surface area (Å²) in [6, 6.07) is 10.0. The normalized spacial score (nSPS) is 10.2. The third-order valence-electron chi connectivity index (χ3n) is 2.91. The van der Waals surface area contributed by atoms with Crippen molar-refractivity contribution in [3.8, 4) is 5.75 Å². The molecule has 110 valence electrons. The highest BCUT2D eigenvalue weighted by Crippen LogP contribution is 2.31. The van der Waals surface area contributed by atoms with E-state index in [2.05, 4.69) is 21.2 Å². The first-order chi connectivity index (χ1) is 10.0. The minimum atomic E-state index is -0.432. The zero-order valence-electron chi connectivity index (χ0n) is 11.1. The molecular weight excluding hydrogens is 360 g/mol. The number of nitrogens with one attached hydrogen (secondary N) is 1. The van der Waals surface area contributed by atoms with Gasteiger partial charge in [0.1, 0.15) is 11.4 Å². The third-order valence-corrected chi connectivity index (χ3v) is 3.75. The average Bonchev–Trinajstić information content (AvgIpc) is 2.45. The molecule has 0 atom stereocenters. The summed E-state index contributed by atoms with van der Waals surface area (Å²) in [5.74, 6) is 0.632. The van der Waals surface area contributed by atoms with E-state index in [1.54, 1.807) is 37.4 Å². The Balaban J connectivity index is 2.28. The Morgan fingerprint density at radius 1 is 1.38 bits per heavy atom. The lowest BCUT2D eigenvalue weighted by atomic mass is 10.2. The summed E-state index contributed by atoms with van der Waals surface area (Å²) in [7, 11) is 1.55. The van der Waals surface area contributed by atoms with Gasteiger partial charge in [0.2, 0.25) is 0 Å². The summed E-state index contributed by atoms with van der Waals surface area (Å²) in [6.45, 7) is 0.320. The number of nitro groups is 1. The van der Waals surface area contributed by atoms with Crippen LogP contribution in [0.1, 0.15) is 5.56 Å². The van der Waals surface area contributed by atoms with E-state index in [0.717, 1.165) is 10.0 Å². The molecule has 0 bridgehead atoms. The van der Waals surface area contributed by atoms with Gasteiger partial charge >= 0.3 is 0 Å². The highest BCUT2D eigenvalue weighted by Gasteiger charge is 2.15. The van der Waals surface area contributed by atoms with Crippen molar-refractivity contribution in [2.24, 2.45) is 0 Å². The monoisotopic (exact) mass is 370 g/mol. The van der Waals surface area contributed by atoms with Crippen molar-refractivity contribution < 1.29 is 9.66 Å². The number of anilines is 1. The summed E-state index contributed by atoms with van der Waals surface area (Å²) >= 11 is 9.45. The van der Waals surface area contributed by atoms with Gasteiger partial charge in [0.05, 0.1) is 12.0 Å². The molecule has 5 nitrogen and oxygen atoms in total. The summed E-state index contributed by atoms with van der Waals surface area (Å²) in [4.78, 5) is 10.6. The molecule has 0 fully saturated rings. The molecule has 0 amide bonds. The molecule has 21 heavy (non-hydrogen) atoms. The van der Waals surface area contributed by atoms with E-state index >= 15 is 0 Å². The van der Waals surface area contributed by atoms with Crippen molar-refractivity contribution in [3.63, 3.8) is 0 Å². The minimum Gasteiger partial charge on any atom is -0.496 e. The zero-order valence-corrected chi connectivity index (χ0v) is 13.4. The van der Waals surface area contributed by atoms with E-state index in [4.69, 9.17) is 16.3 Å². The van der Waals surface area contributed by atoms with Gasteiger partial charge < -0.3 is 10.1 Å². The smallest absolute Gasteiger partial charge is 0.292 e. The fourth-order valence-corrected chi connectivity index (χ4v) is 2.49. The molecule has 7 heteroatoms. The topological polar surface area (TPSA) is 64.4 Å². The van der Waals surface area contributed by atoms with Gasteiger partial charge in [-0.25, -0.2) is 0 Å². The summed E-state index contributed by atoms with van der Waals surface area (Å²) in [5, 5.41) is 14.6. The lowest BCUT2D eigenvalue weighted by Crippen LogP contribution is -2.04. The number of benzene rings is 2. The van der Waals surface area contributed by atoms with Gasteiger partial charge in [-0.15, -0.1) is 0 Å². The lowest BCUT2D eigenvalue weighted by Gasteiger charge is -2.12. The van der Waals surface area contributed by atoms with Crippen LogP contribution in [0.25, 0.3) is 0 Å². The van der Waals surface area contributed by atoms with E-state index < -0.39 is 4.92 Å². The van der Waals surface area contributed by atoms with Crippen molar-refractivity contribution in [1.29, 1.82) is 0 Å². The van der Waals surface area contributed by atoms with Crippen molar-refractivity contribution in [2.45, 2.75) is 6.54 Å². The van der Waals surface area contributed by atoms with Gasteiger partial charge in [-0.2, -0.15) is 0 Å². The first kappa shape index (κ1) is 15.6.